The van der Waals surface area contributed by atoms with Gasteiger partial charge in [0.05, 0.1) is 18.6 Å². The number of aromatic nitrogens is 4. The molecule has 28 heavy (non-hydrogen) atoms. The molecule has 0 atom stereocenters. The molecule has 9 heteroatoms. The van der Waals surface area contributed by atoms with Crippen LogP contribution in [0.15, 0.2) is 52.8 Å². The summed E-state index contributed by atoms with van der Waals surface area (Å²) in [5, 5.41) is 10.6. The highest BCUT2D eigenvalue weighted by Gasteiger charge is 2.12. The monoisotopic (exact) mass is 399 g/mol. The van der Waals surface area contributed by atoms with Gasteiger partial charge in [0.25, 0.3) is 5.56 Å². The minimum Gasteiger partial charge on any atom is -0.494 e. The summed E-state index contributed by atoms with van der Waals surface area (Å²) in [4.78, 5) is 23.0. The number of nitrogens with zero attached hydrogens (tertiary/aromatic N) is 4. The fraction of sp³-hybridized carbons (Fsp3) is 0.263. The maximum Gasteiger partial charge on any atom is 0.264 e. The summed E-state index contributed by atoms with van der Waals surface area (Å²) in [7, 11) is 0. The molecule has 1 aromatic carbocycles. The molecule has 3 rings (SSSR count). The summed E-state index contributed by atoms with van der Waals surface area (Å²) in [5.74, 6) is 0.456. The molecule has 0 saturated heterocycles. The Balaban J connectivity index is 1.80. The minimum atomic E-state index is -0.483. The van der Waals surface area contributed by atoms with Crippen molar-refractivity contribution in [1.82, 2.24) is 19.1 Å². The first-order valence-corrected chi connectivity index (χ1v) is 9.28. The number of ether oxygens (including phenoxy) is 1. The van der Waals surface area contributed by atoms with Crippen molar-refractivity contribution in [3.63, 3.8) is 0 Å². The van der Waals surface area contributed by atoms with Crippen molar-refractivity contribution in [3.05, 3.63) is 63.7 Å². The van der Waals surface area contributed by atoms with Crippen molar-refractivity contribution in [2.45, 2.75) is 19.9 Å². The Labute approximate surface area is 166 Å². The van der Waals surface area contributed by atoms with E-state index in [1.54, 1.807) is 36.8 Å². The molecule has 146 valence electrons. The van der Waals surface area contributed by atoms with Gasteiger partial charge in [-0.2, -0.15) is 0 Å². The van der Waals surface area contributed by atoms with E-state index in [1.807, 2.05) is 17.7 Å². The van der Waals surface area contributed by atoms with E-state index >= 15 is 0 Å². The first-order chi connectivity index (χ1) is 13.6. The van der Waals surface area contributed by atoms with E-state index in [9.17, 15) is 9.90 Å². The van der Waals surface area contributed by atoms with E-state index in [0.29, 0.717) is 24.6 Å². The molecule has 0 aliphatic rings. The van der Waals surface area contributed by atoms with Crippen molar-refractivity contribution in [2.24, 2.45) is 4.99 Å². The standard InChI is InChI=1S/C19H21N5O3S/c1-2-27-15-6-4-14(5-7-15)24-18(26)16(17(25)22-19(24)28)12-20-8-3-10-23-11-9-21-13-23/h4-7,9,11-13,26H,2-3,8,10H2,1H3,(H,22,25,28). The number of H-pyrrole nitrogens is 1. The third kappa shape index (κ3) is 4.55. The Kier molecular flexibility index (Phi) is 6.38. The second-order valence-electron chi connectivity index (χ2n) is 5.95. The van der Waals surface area contributed by atoms with E-state index < -0.39 is 5.56 Å². The van der Waals surface area contributed by atoms with Gasteiger partial charge in [0.1, 0.15) is 11.3 Å². The van der Waals surface area contributed by atoms with Crippen LogP contribution in [0.25, 0.3) is 5.69 Å². The maximum atomic E-state index is 12.2. The zero-order valence-corrected chi connectivity index (χ0v) is 16.2. The normalized spacial score (nSPS) is 11.2. The van der Waals surface area contributed by atoms with E-state index in [0.717, 1.165) is 13.0 Å². The molecule has 0 aliphatic carbocycles. The number of imidazole rings is 1. The lowest BCUT2D eigenvalue weighted by atomic mass is 10.2. The molecule has 2 N–H and O–H groups in total. The molecule has 3 aromatic rings. The SMILES string of the molecule is CCOc1ccc(-n2c(O)c(C=NCCCn3ccnc3)c(=O)[nH]c2=S)cc1. The average molecular weight is 399 g/mol. The summed E-state index contributed by atoms with van der Waals surface area (Å²) >= 11 is 5.22. The number of hydrogen-bond acceptors (Lipinski definition) is 6. The van der Waals surface area contributed by atoms with Crippen LogP contribution in [0.2, 0.25) is 0 Å². The van der Waals surface area contributed by atoms with Crippen molar-refractivity contribution < 1.29 is 9.84 Å². The first-order valence-electron chi connectivity index (χ1n) is 8.87. The quantitative estimate of drug-likeness (QED) is 0.345. The van der Waals surface area contributed by atoms with Gasteiger partial charge in [0.15, 0.2) is 4.77 Å². The number of benzene rings is 1. The summed E-state index contributed by atoms with van der Waals surface area (Å²) < 4.78 is 8.86. The van der Waals surface area contributed by atoms with Crippen LogP contribution in [-0.4, -0.2) is 43.6 Å². The number of hydrogen-bond donors (Lipinski definition) is 2. The Morgan fingerprint density at radius 1 is 1.36 bits per heavy atom. The van der Waals surface area contributed by atoms with Gasteiger partial charge in [-0.3, -0.25) is 19.3 Å². The van der Waals surface area contributed by atoms with Crippen LogP contribution in [0.4, 0.5) is 0 Å². The largest absolute Gasteiger partial charge is 0.494 e. The maximum absolute atomic E-state index is 12.2. The van der Waals surface area contributed by atoms with Crippen LogP contribution >= 0.6 is 12.2 Å². The smallest absolute Gasteiger partial charge is 0.264 e. The van der Waals surface area contributed by atoms with Gasteiger partial charge < -0.3 is 14.4 Å². The lowest BCUT2D eigenvalue weighted by Gasteiger charge is -2.12. The van der Waals surface area contributed by atoms with E-state index in [-0.39, 0.29) is 16.2 Å². The second kappa shape index (κ2) is 9.14. The number of nitrogens with one attached hydrogen (secondary N) is 1. The fourth-order valence-electron chi connectivity index (χ4n) is 2.67. The number of rotatable bonds is 8. The highest BCUT2D eigenvalue weighted by Crippen LogP contribution is 2.21. The average Bonchev–Trinajstić information content (AvgIpc) is 3.19. The molecule has 2 aromatic heterocycles. The zero-order valence-electron chi connectivity index (χ0n) is 15.4. The predicted molar refractivity (Wildman–Crippen MR) is 109 cm³/mol. The molecule has 8 nitrogen and oxygen atoms in total. The van der Waals surface area contributed by atoms with Crippen LogP contribution < -0.4 is 10.3 Å². The topological polar surface area (TPSA) is 97.4 Å². The molecule has 0 saturated carbocycles. The van der Waals surface area contributed by atoms with Gasteiger partial charge in [0, 0.05) is 31.7 Å². The Morgan fingerprint density at radius 2 is 2.14 bits per heavy atom. The minimum absolute atomic E-state index is 0.0603. The van der Waals surface area contributed by atoms with Crippen LogP contribution in [-0.2, 0) is 6.54 Å². The molecule has 0 aliphatic heterocycles. The van der Waals surface area contributed by atoms with E-state index in [1.165, 1.54) is 10.8 Å². The Bertz CT molecular complexity index is 1050. The highest BCUT2D eigenvalue weighted by molar-refractivity contribution is 7.71. The highest BCUT2D eigenvalue weighted by atomic mass is 32.1. The van der Waals surface area contributed by atoms with Gasteiger partial charge in [-0.1, -0.05) is 0 Å². The van der Waals surface area contributed by atoms with Crippen LogP contribution in [0.1, 0.15) is 18.9 Å². The Morgan fingerprint density at radius 3 is 2.82 bits per heavy atom. The van der Waals surface area contributed by atoms with Crippen LogP contribution in [0, 0.1) is 4.77 Å². The lowest BCUT2D eigenvalue weighted by Crippen LogP contribution is -2.18. The molecule has 0 spiro atoms. The van der Waals surface area contributed by atoms with Gasteiger partial charge in [0.2, 0.25) is 5.88 Å². The molecule has 0 bridgehead atoms. The van der Waals surface area contributed by atoms with Gasteiger partial charge in [-0.25, -0.2) is 4.98 Å². The van der Waals surface area contributed by atoms with Gasteiger partial charge in [-0.15, -0.1) is 0 Å². The molecule has 2 heterocycles. The molecule has 0 fully saturated rings. The van der Waals surface area contributed by atoms with Gasteiger partial charge in [-0.05, 0) is 49.8 Å². The van der Waals surface area contributed by atoms with Crippen molar-refractivity contribution in [2.75, 3.05) is 13.2 Å². The number of aryl methyl sites for hydroxylation is 1. The number of aromatic hydroxyl groups is 1. The molecular weight excluding hydrogens is 378 g/mol. The third-order valence-electron chi connectivity index (χ3n) is 4.01. The summed E-state index contributed by atoms with van der Waals surface area (Å²) in [6, 6.07) is 7.06. The summed E-state index contributed by atoms with van der Waals surface area (Å²) in [6.07, 6.45) is 7.49. The first kappa shape index (κ1) is 19.6. The fourth-order valence-corrected chi connectivity index (χ4v) is 2.96. The van der Waals surface area contributed by atoms with Crippen molar-refractivity contribution >= 4 is 18.4 Å². The molecular formula is C19H21N5O3S. The lowest BCUT2D eigenvalue weighted by molar-refractivity contribution is 0.340. The Hall–Kier alpha value is -3.20. The van der Waals surface area contributed by atoms with Crippen LogP contribution in [0.5, 0.6) is 11.6 Å². The second-order valence-corrected chi connectivity index (χ2v) is 6.33. The predicted octanol–water partition coefficient (Wildman–Crippen LogP) is 2.71. The number of aliphatic imine (C=N–C) groups is 1. The molecule has 0 amide bonds. The van der Waals surface area contributed by atoms with Gasteiger partial charge >= 0.3 is 0 Å². The van der Waals surface area contributed by atoms with E-state index in [2.05, 4.69) is 15.0 Å². The van der Waals surface area contributed by atoms with Crippen molar-refractivity contribution in [1.29, 1.82) is 0 Å². The third-order valence-corrected chi connectivity index (χ3v) is 4.29. The summed E-state index contributed by atoms with van der Waals surface area (Å²) in [6.45, 7) is 3.75. The molecule has 0 unspecified atom stereocenters. The van der Waals surface area contributed by atoms with Crippen molar-refractivity contribution in [3.8, 4) is 17.3 Å². The summed E-state index contributed by atoms with van der Waals surface area (Å²) in [5.41, 5.74) is 0.185. The zero-order chi connectivity index (χ0) is 19.9. The number of aromatic amines is 1. The van der Waals surface area contributed by atoms with E-state index in [4.69, 9.17) is 17.0 Å². The van der Waals surface area contributed by atoms with Crippen LogP contribution in [0.3, 0.4) is 0 Å². The molecule has 0 radical (unpaired) electrons.